The fourth-order valence-electron chi connectivity index (χ4n) is 3.96. The first-order valence-corrected chi connectivity index (χ1v) is 7.37. The number of aliphatic hydroxyl groups is 1. The number of likely N-dealkylation sites (tertiary alicyclic amines) is 1. The molecule has 0 aromatic carbocycles. The van der Waals surface area contributed by atoms with Gasteiger partial charge in [0.25, 0.3) is 0 Å². The van der Waals surface area contributed by atoms with E-state index in [0.717, 1.165) is 12.8 Å². The highest BCUT2D eigenvalue weighted by Crippen LogP contribution is 2.49. The fourth-order valence-corrected chi connectivity index (χ4v) is 3.96. The minimum Gasteiger partial charge on any atom is -0.481 e. The molecule has 2 aliphatic carbocycles. The van der Waals surface area contributed by atoms with Gasteiger partial charge in [-0.1, -0.05) is 19.1 Å². The fraction of sp³-hybridized carbons (Fsp3) is 0.733. The van der Waals surface area contributed by atoms with Crippen LogP contribution < -0.4 is 0 Å². The third-order valence-electron chi connectivity index (χ3n) is 5.26. The van der Waals surface area contributed by atoms with Crippen LogP contribution in [0.15, 0.2) is 12.2 Å². The molecule has 2 N–H and O–H groups in total. The molecule has 6 atom stereocenters. The minimum absolute atomic E-state index is 0.0000811. The summed E-state index contributed by atoms with van der Waals surface area (Å²) in [5.74, 6) is -1.72. The maximum Gasteiger partial charge on any atom is 0.307 e. The summed E-state index contributed by atoms with van der Waals surface area (Å²) in [5, 5.41) is 19.3. The van der Waals surface area contributed by atoms with Gasteiger partial charge in [0.05, 0.1) is 17.9 Å². The van der Waals surface area contributed by atoms with E-state index in [9.17, 15) is 19.8 Å². The number of rotatable bonds is 2. The van der Waals surface area contributed by atoms with Gasteiger partial charge in [-0.3, -0.25) is 9.59 Å². The van der Waals surface area contributed by atoms with E-state index in [1.54, 1.807) is 4.90 Å². The van der Waals surface area contributed by atoms with Crippen LogP contribution in [0, 0.1) is 29.6 Å². The summed E-state index contributed by atoms with van der Waals surface area (Å²) in [7, 11) is 0. The monoisotopic (exact) mass is 279 g/mol. The molecule has 1 aliphatic heterocycles. The molecule has 3 rings (SSSR count). The summed E-state index contributed by atoms with van der Waals surface area (Å²) >= 11 is 0. The van der Waals surface area contributed by atoms with Crippen LogP contribution in [0.25, 0.3) is 0 Å². The quantitative estimate of drug-likeness (QED) is 0.731. The van der Waals surface area contributed by atoms with Crippen LogP contribution >= 0.6 is 0 Å². The van der Waals surface area contributed by atoms with Crippen molar-refractivity contribution >= 4 is 11.9 Å². The predicted molar refractivity (Wildman–Crippen MR) is 71.7 cm³/mol. The van der Waals surface area contributed by atoms with Crippen LogP contribution in [0.1, 0.15) is 19.8 Å². The molecule has 2 bridgehead atoms. The SMILES string of the molecule is CC1CCN(C(=O)[C@H]2C3C=CC(C3)[C@H]2C(=O)O)CC1O. The predicted octanol–water partition coefficient (Wildman–Crippen LogP) is 0.739. The van der Waals surface area contributed by atoms with Crippen molar-refractivity contribution in [1.29, 1.82) is 0 Å². The standard InChI is InChI=1S/C15H21NO4/c1-8-4-5-16(7-11(8)17)14(18)12-9-2-3-10(6-9)13(12)15(19)20/h2-3,8-13,17H,4-7H2,1H3,(H,19,20)/t8?,9?,10?,11?,12-,13+/m0/s1. The average molecular weight is 279 g/mol. The molecule has 20 heavy (non-hydrogen) atoms. The van der Waals surface area contributed by atoms with Crippen molar-refractivity contribution in [2.45, 2.75) is 25.9 Å². The van der Waals surface area contributed by atoms with Crippen LogP contribution in [0.4, 0.5) is 0 Å². The molecule has 1 amide bonds. The summed E-state index contributed by atoms with van der Waals surface area (Å²) < 4.78 is 0. The number of allylic oxidation sites excluding steroid dienone is 2. The molecule has 0 aromatic rings. The second-order valence-corrected chi connectivity index (χ2v) is 6.46. The Kier molecular flexibility index (Phi) is 3.32. The Labute approximate surface area is 118 Å². The Morgan fingerprint density at radius 2 is 1.85 bits per heavy atom. The summed E-state index contributed by atoms with van der Waals surface area (Å²) in [6.45, 7) is 2.94. The van der Waals surface area contributed by atoms with E-state index < -0.39 is 23.9 Å². The number of nitrogens with zero attached hydrogens (tertiary/aromatic N) is 1. The van der Waals surface area contributed by atoms with E-state index in [4.69, 9.17) is 0 Å². The molecular formula is C15H21NO4. The van der Waals surface area contributed by atoms with Crippen LogP contribution in [0.5, 0.6) is 0 Å². The lowest BCUT2D eigenvalue weighted by molar-refractivity contribution is -0.152. The Morgan fingerprint density at radius 3 is 2.45 bits per heavy atom. The van der Waals surface area contributed by atoms with Crippen molar-refractivity contribution in [2.24, 2.45) is 29.6 Å². The van der Waals surface area contributed by atoms with Gasteiger partial charge in [0, 0.05) is 13.1 Å². The first kappa shape index (κ1) is 13.6. The highest BCUT2D eigenvalue weighted by Gasteiger charge is 2.52. The van der Waals surface area contributed by atoms with Gasteiger partial charge in [-0.2, -0.15) is 0 Å². The number of hydrogen-bond donors (Lipinski definition) is 2. The Hall–Kier alpha value is -1.36. The highest BCUT2D eigenvalue weighted by molar-refractivity contribution is 5.87. The smallest absolute Gasteiger partial charge is 0.307 e. The molecule has 0 aromatic heterocycles. The zero-order chi connectivity index (χ0) is 14.4. The van der Waals surface area contributed by atoms with E-state index in [2.05, 4.69) is 0 Å². The van der Waals surface area contributed by atoms with E-state index in [1.807, 2.05) is 19.1 Å². The van der Waals surface area contributed by atoms with Gasteiger partial charge in [-0.25, -0.2) is 0 Å². The third kappa shape index (κ3) is 2.04. The number of carbonyl (C=O) groups excluding carboxylic acids is 1. The number of carbonyl (C=O) groups is 2. The maximum absolute atomic E-state index is 12.7. The lowest BCUT2D eigenvalue weighted by Crippen LogP contribution is -2.50. The molecule has 4 unspecified atom stereocenters. The number of aliphatic hydroxyl groups excluding tert-OH is 1. The van der Waals surface area contributed by atoms with Crippen molar-refractivity contribution in [1.82, 2.24) is 4.90 Å². The Bertz CT molecular complexity index is 461. The highest BCUT2D eigenvalue weighted by atomic mass is 16.4. The lowest BCUT2D eigenvalue weighted by Gasteiger charge is -2.37. The van der Waals surface area contributed by atoms with E-state index in [-0.39, 0.29) is 23.7 Å². The van der Waals surface area contributed by atoms with Crippen molar-refractivity contribution in [3.05, 3.63) is 12.2 Å². The molecule has 1 saturated heterocycles. The van der Waals surface area contributed by atoms with Crippen LogP contribution in [-0.2, 0) is 9.59 Å². The maximum atomic E-state index is 12.7. The molecule has 2 fully saturated rings. The number of aliphatic carboxylic acids is 1. The topological polar surface area (TPSA) is 77.8 Å². The summed E-state index contributed by atoms with van der Waals surface area (Å²) in [6.07, 6.45) is 5.00. The second-order valence-electron chi connectivity index (χ2n) is 6.46. The number of hydrogen-bond acceptors (Lipinski definition) is 3. The Morgan fingerprint density at radius 1 is 1.20 bits per heavy atom. The van der Waals surface area contributed by atoms with Crippen LogP contribution in [-0.4, -0.2) is 46.2 Å². The molecule has 1 heterocycles. The van der Waals surface area contributed by atoms with Crippen LogP contribution in [0.3, 0.4) is 0 Å². The summed E-state index contributed by atoms with van der Waals surface area (Å²) in [4.78, 5) is 25.8. The molecule has 5 heteroatoms. The second kappa shape index (κ2) is 4.88. The van der Waals surface area contributed by atoms with Crippen molar-refractivity contribution < 1.29 is 19.8 Å². The molecule has 0 spiro atoms. The number of piperidine rings is 1. The van der Waals surface area contributed by atoms with Gasteiger partial charge < -0.3 is 15.1 Å². The summed E-state index contributed by atoms with van der Waals surface area (Å²) in [6, 6.07) is 0. The zero-order valence-electron chi connectivity index (χ0n) is 11.6. The molecule has 1 saturated carbocycles. The largest absolute Gasteiger partial charge is 0.481 e. The van der Waals surface area contributed by atoms with E-state index in [0.29, 0.717) is 13.1 Å². The minimum atomic E-state index is -0.869. The van der Waals surface area contributed by atoms with Crippen molar-refractivity contribution in [3.8, 4) is 0 Å². The molecular weight excluding hydrogens is 258 g/mol. The van der Waals surface area contributed by atoms with Gasteiger partial charge in [-0.15, -0.1) is 0 Å². The van der Waals surface area contributed by atoms with Gasteiger partial charge in [-0.05, 0) is 30.6 Å². The Balaban J connectivity index is 1.77. The van der Waals surface area contributed by atoms with Crippen LogP contribution in [0.2, 0.25) is 0 Å². The lowest BCUT2D eigenvalue weighted by atomic mass is 9.81. The first-order chi connectivity index (χ1) is 9.49. The number of carboxylic acids is 1. The molecule has 110 valence electrons. The van der Waals surface area contributed by atoms with Crippen molar-refractivity contribution in [2.75, 3.05) is 13.1 Å². The zero-order valence-corrected chi connectivity index (χ0v) is 11.6. The van der Waals surface area contributed by atoms with Gasteiger partial charge in [0.2, 0.25) is 5.91 Å². The number of β-amino-alcohol motifs (C(OH)–C–C–N with tert-alkyl or cyclic N) is 1. The molecule has 3 aliphatic rings. The van der Waals surface area contributed by atoms with Gasteiger partial charge in [0.15, 0.2) is 0 Å². The summed E-state index contributed by atoms with van der Waals surface area (Å²) in [5.41, 5.74) is 0. The van der Waals surface area contributed by atoms with Gasteiger partial charge in [0.1, 0.15) is 0 Å². The molecule has 0 radical (unpaired) electrons. The first-order valence-electron chi connectivity index (χ1n) is 7.37. The number of carboxylic acid groups (broad SMARTS) is 1. The average Bonchev–Trinajstić information content (AvgIpc) is 3.01. The van der Waals surface area contributed by atoms with E-state index in [1.165, 1.54) is 0 Å². The van der Waals surface area contributed by atoms with Crippen molar-refractivity contribution in [3.63, 3.8) is 0 Å². The number of amides is 1. The number of fused-ring (bicyclic) bond motifs is 2. The van der Waals surface area contributed by atoms with Gasteiger partial charge >= 0.3 is 5.97 Å². The third-order valence-corrected chi connectivity index (χ3v) is 5.26. The molecule has 5 nitrogen and oxygen atoms in total. The van der Waals surface area contributed by atoms with E-state index >= 15 is 0 Å². The normalized spacial score (nSPS) is 43.0.